The van der Waals surface area contributed by atoms with Gasteiger partial charge in [0, 0.05) is 30.5 Å². The summed E-state index contributed by atoms with van der Waals surface area (Å²) >= 11 is 0. The van der Waals surface area contributed by atoms with Gasteiger partial charge in [-0.3, -0.25) is 0 Å². The Morgan fingerprint density at radius 1 is 1.30 bits per heavy atom. The van der Waals surface area contributed by atoms with Crippen molar-refractivity contribution >= 4 is 0 Å². The molecule has 3 rings (SSSR count). The average Bonchev–Trinajstić information content (AvgIpc) is 2.48. The Morgan fingerprint density at radius 2 is 2.05 bits per heavy atom. The molecule has 110 valence electrons. The van der Waals surface area contributed by atoms with E-state index in [1.807, 2.05) is 12.1 Å². The van der Waals surface area contributed by atoms with E-state index in [2.05, 4.69) is 31.3 Å². The molecule has 0 aromatic heterocycles. The standard InChI is InChI=1S/C17H25NO2/c1-17(2)15(14-5-4-10-20-16(14)17)18-11-12-6-8-13(19-3)9-7-12/h6-9,14-16,18H,4-5,10-11H2,1-3H3. The lowest BCUT2D eigenvalue weighted by molar-refractivity contribution is -0.192. The third kappa shape index (κ3) is 2.33. The topological polar surface area (TPSA) is 30.5 Å². The molecule has 0 radical (unpaired) electrons. The molecule has 1 saturated heterocycles. The van der Waals surface area contributed by atoms with Crippen molar-refractivity contribution in [3.8, 4) is 5.75 Å². The Morgan fingerprint density at radius 3 is 2.75 bits per heavy atom. The maximum absolute atomic E-state index is 5.95. The van der Waals surface area contributed by atoms with Gasteiger partial charge >= 0.3 is 0 Å². The molecule has 20 heavy (non-hydrogen) atoms. The van der Waals surface area contributed by atoms with E-state index in [0.717, 1.165) is 18.9 Å². The number of nitrogens with one attached hydrogen (secondary N) is 1. The molecule has 1 N–H and O–H groups in total. The van der Waals surface area contributed by atoms with Crippen LogP contribution in [0.3, 0.4) is 0 Å². The lowest BCUT2D eigenvalue weighted by Gasteiger charge is -2.60. The van der Waals surface area contributed by atoms with Gasteiger partial charge in [0.25, 0.3) is 0 Å². The summed E-state index contributed by atoms with van der Waals surface area (Å²) in [6.45, 7) is 6.51. The number of ether oxygens (including phenoxy) is 2. The number of hydrogen-bond donors (Lipinski definition) is 1. The van der Waals surface area contributed by atoms with Crippen molar-refractivity contribution in [1.29, 1.82) is 0 Å². The molecule has 0 bridgehead atoms. The Labute approximate surface area is 121 Å². The fraction of sp³-hybridized carbons (Fsp3) is 0.647. The Hall–Kier alpha value is -1.06. The number of fused-ring (bicyclic) bond motifs is 1. The molecule has 1 aromatic carbocycles. The molecular formula is C17H25NO2. The van der Waals surface area contributed by atoms with Crippen molar-refractivity contribution in [3.63, 3.8) is 0 Å². The third-order valence-electron chi connectivity index (χ3n) is 5.02. The Kier molecular flexibility index (Phi) is 3.74. The maximum Gasteiger partial charge on any atom is 0.118 e. The van der Waals surface area contributed by atoms with Crippen LogP contribution in [0.15, 0.2) is 24.3 Å². The zero-order valence-corrected chi connectivity index (χ0v) is 12.7. The van der Waals surface area contributed by atoms with E-state index in [9.17, 15) is 0 Å². The molecule has 3 heteroatoms. The summed E-state index contributed by atoms with van der Waals surface area (Å²) in [5, 5.41) is 3.74. The third-order valence-corrected chi connectivity index (χ3v) is 5.02. The summed E-state index contributed by atoms with van der Waals surface area (Å²) in [5.74, 6) is 1.61. The Balaban J connectivity index is 1.60. The predicted molar refractivity (Wildman–Crippen MR) is 79.9 cm³/mol. The normalized spacial score (nSPS) is 31.2. The van der Waals surface area contributed by atoms with Crippen LogP contribution in [0.1, 0.15) is 32.3 Å². The van der Waals surface area contributed by atoms with E-state index in [4.69, 9.17) is 9.47 Å². The van der Waals surface area contributed by atoms with Crippen LogP contribution in [0.5, 0.6) is 5.75 Å². The van der Waals surface area contributed by atoms with Crippen LogP contribution in [-0.4, -0.2) is 25.9 Å². The molecule has 2 aliphatic rings. The first kappa shape index (κ1) is 13.9. The average molecular weight is 275 g/mol. The molecule has 0 amide bonds. The second-order valence-corrected chi connectivity index (χ2v) is 6.63. The van der Waals surface area contributed by atoms with Gasteiger partial charge in [0.15, 0.2) is 0 Å². The van der Waals surface area contributed by atoms with E-state index in [-0.39, 0.29) is 5.41 Å². The van der Waals surface area contributed by atoms with E-state index in [1.54, 1.807) is 7.11 Å². The van der Waals surface area contributed by atoms with Gasteiger partial charge in [-0.25, -0.2) is 0 Å². The van der Waals surface area contributed by atoms with E-state index >= 15 is 0 Å². The van der Waals surface area contributed by atoms with E-state index in [0.29, 0.717) is 18.1 Å². The number of benzene rings is 1. The largest absolute Gasteiger partial charge is 0.497 e. The predicted octanol–water partition coefficient (Wildman–Crippen LogP) is 2.99. The molecule has 3 unspecified atom stereocenters. The molecule has 1 aliphatic heterocycles. The van der Waals surface area contributed by atoms with E-state index in [1.165, 1.54) is 18.4 Å². The second kappa shape index (κ2) is 5.38. The highest BCUT2D eigenvalue weighted by Crippen LogP contribution is 2.51. The minimum Gasteiger partial charge on any atom is -0.497 e. The van der Waals surface area contributed by atoms with Gasteiger partial charge in [-0.05, 0) is 30.5 Å². The van der Waals surface area contributed by atoms with Crippen molar-refractivity contribution in [2.24, 2.45) is 11.3 Å². The number of hydrogen-bond acceptors (Lipinski definition) is 3. The molecule has 1 aromatic rings. The lowest BCUT2D eigenvalue weighted by Crippen LogP contribution is -2.69. The highest BCUT2D eigenvalue weighted by atomic mass is 16.5. The fourth-order valence-electron chi connectivity index (χ4n) is 3.91. The first-order valence-electron chi connectivity index (χ1n) is 7.61. The van der Waals surface area contributed by atoms with Crippen LogP contribution in [-0.2, 0) is 11.3 Å². The summed E-state index contributed by atoms with van der Waals surface area (Å²) in [5.41, 5.74) is 1.55. The molecule has 1 aliphatic carbocycles. The van der Waals surface area contributed by atoms with Gasteiger partial charge in [-0.2, -0.15) is 0 Å². The first-order valence-corrected chi connectivity index (χ1v) is 7.61. The summed E-state index contributed by atoms with van der Waals surface area (Å²) < 4.78 is 11.1. The van der Waals surface area contributed by atoms with Crippen LogP contribution >= 0.6 is 0 Å². The fourth-order valence-corrected chi connectivity index (χ4v) is 3.91. The van der Waals surface area contributed by atoms with Gasteiger partial charge in [-0.15, -0.1) is 0 Å². The zero-order valence-electron chi connectivity index (χ0n) is 12.7. The number of methoxy groups -OCH3 is 1. The summed E-state index contributed by atoms with van der Waals surface area (Å²) in [6.07, 6.45) is 2.96. The second-order valence-electron chi connectivity index (χ2n) is 6.63. The van der Waals surface area contributed by atoms with Crippen LogP contribution in [0.4, 0.5) is 0 Å². The van der Waals surface area contributed by atoms with Crippen LogP contribution in [0, 0.1) is 11.3 Å². The molecule has 1 heterocycles. The minimum atomic E-state index is 0.248. The Bertz CT molecular complexity index is 455. The van der Waals surface area contributed by atoms with Crippen LogP contribution < -0.4 is 10.1 Å². The van der Waals surface area contributed by atoms with Crippen LogP contribution in [0.2, 0.25) is 0 Å². The molecule has 2 fully saturated rings. The van der Waals surface area contributed by atoms with Gasteiger partial charge in [0.1, 0.15) is 5.75 Å². The minimum absolute atomic E-state index is 0.248. The summed E-state index contributed by atoms with van der Waals surface area (Å²) in [7, 11) is 1.70. The zero-order chi connectivity index (χ0) is 14.2. The molecular weight excluding hydrogens is 250 g/mol. The quantitative estimate of drug-likeness (QED) is 0.916. The van der Waals surface area contributed by atoms with E-state index < -0.39 is 0 Å². The molecule has 1 saturated carbocycles. The number of rotatable bonds is 4. The molecule has 3 nitrogen and oxygen atoms in total. The highest BCUT2D eigenvalue weighted by Gasteiger charge is 2.57. The first-order chi connectivity index (χ1) is 9.63. The molecule has 0 spiro atoms. The summed E-state index contributed by atoms with van der Waals surface area (Å²) in [4.78, 5) is 0. The SMILES string of the molecule is COc1ccc(CNC2C3CCCOC3C2(C)C)cc1. The van der Waals surface area contributed by atoms with Crippen molar-refractivity contribution < 1.29 is 9.47 Å². The lowest BCUT2D eigenvalue weighted by atomic mass is 9.55. The smallest absolute Gasteiger partial charge is 0.118 e. The maximum atomic E-state index is 5.95. The van der Waals surface area contributed by atoms with Crippen LogP contribution in [0.25, 0.3) is 0 Å². The van der Waals surface area contributed by atoms with Crippen molar-refractivity contribution in [1.82, 2.24) is 5.32 Å². The highest BCUT2D eigenvalue weighted by molar-refractivity contribution is 5.27. The monoisotopic (exact) mass is 275 g/mol. The molecule has 3 atom stereocenters. The van der Waals surface area contributed by atoms with Crippen molar-refractivity contribution in [2.45, 2.75) is 45.4 Å². The van der Waals surface area contributed by atoms with Gasteiger partial charge in [0.05, 0.1) is 13.2 Å². The van der Waals surface area contributed by atoms with Crippen molar-refractivity contribution in [2.75, 3.05) is 13.7 Å². The van der Waals surface area contributed by atoms with Gasteiger partial charge in [0.2, 0.25) is 0 Å². The van der Waals surface area contributed by atoms with Gasteiger partial charge in [-0.1, -0.05) is 26.0 Å². The summed E-state index contributed by atoms with van der Waals surface area (Å²) in [6, 6.07) is 8.87. The van der Waals surface area contributed by atoms with Gasteiger partial charge < -0.3 is 14.8 Å². The van der Waals surface area contributed by atoms with Crippen molar-refractivity contribution in [3.05, 3.63) is 29.8 Å².